The minimum Gasteiger partial charge on any atom is -0.380 e. The molecule has 1 saturated carbocycles. The van der Waals surface area contributed by atoms with Gasteiger partial charge in [0.15, 0.2) is 0 Å². The van der Waals surface area contributed by atoms with Crippen molar-refractivity contribution in [1.29, 1.82) is 0 Å². The lowest BCUT2D eigenvalue weighted by molar-refractivity contribution is 1.08. The van der Waals surface area contributed by atoms with E-state index >= 15 is 0 Å². The molecule has 3 rings (SSSR count). The Morgan fingerprint density at radius 2 is 1.89 bits per heavy atom. The Kier molecular flexibility index (Phi) is 3.55. The fraction of sp³-hybridized carbons (Fsp3) is 0.250. The summed E-state index contributed by atoms with van der Waals surface area (Å²) < 4.78 is 1.27. The van der Waals surface area contributed by atoms with Crippen LogP contribution in [0.15, 0.2) is 48.5 Å². The van der Waals surface area contributed by atoms with Gasteiger partial charge in [0, 0.05) is 15.8 Å². The first-order valence-electron chi connectivity index (χ1n) is 6.40. The van der Waals surface area contributed by atoms with Crippen LogP contribution < -0.4 is 5.32 Å². The third kappa shape index (κ3) is 2.86. The Morgan fingerprint density at radius 1 is 1.06 bits per heavy atom. The molecule has 2 heteroatoms. The molecule has 1 nitrogen and oxygen atoms in total. The molecular formula is C16H16IN. The average Bonchev–Trinajstić information content (AvgIpc) is 3.23. The largest absolute Gasteiger partial charge is 0.380 e. The van der Waals surface area contributed by atoms with Crippen LogP contribution in [0.5, 0.6) is 0 Å². The predicted molar refractivity (Wildman–Crippen MR) is 84.9 cm³/mol. The van der Waals surface area contributed by atoms with E-state index in [0.717, 1.165) is 12.5 Å². The highest BCUT2D eigenvalue weighted by Gasteiger charge is 2.23. The van der Waals surface area contributed by atoms with Gasteiger partial charge in [0.25, 0.3) is 0 Å². The van der Waals surface area contributed by atoms with E-state index in [1.807, 2.05) is 0 Å². The number of halogens is 1. The molecule has 1 aliphatic carbocycles. The molecule has 18 heavy (non-hydrogen) atoms. The van der Waals surface area contributed by atoms with Gasteiger partial charge in [-0.3, -0.25) is 0 Å². The van der Waals surface area contributed by atoms with Crippen LogP contribution in [0.2, 0.25) is 0 Å². The highest BCUT2D eigenvalue weighted by Crippen LogP contribution is 2.40. The first-order chi connectivity index (χ1) is 8.83. The van der Waals surface area contributed by atoms with E-state index in [0.29, 0.717) is 0 Å². The molecule has 1 aliphatic rings. The second kappa shape index (κ2) is 5.31. The van der Waals surface area contributed by atoms with Crippen LogP contribution in [0.25, 0.3) is 0 Å². The van der Waals surface area contributed by atoms with Crippen molar-refractivity contribution in [3.05, 3.63) is 63.2 Å². The third-order valence-electron chi connectivity index (χ3n) is 3.36. The number of anilines is 1. The molecule has 0 spiro atoms. The van der Waals surface area contributed by atoms with Crippen LogP contribution in [0, 0.1) is 3.57 Å². The van der Waals surface area contributed by atoms with Gasteiger partial charge in [0.2, 0.25) is 0 Å². The van der Waals surface area contributed by atoms with Crippen LogP contribution in [0.4, 0.5) is 5.69 Å². The molecule has 0 radical (unpaired) electrons. The molecule has 2 aromatic carbocycles. The van der Waals surface area contributed by atoms with Gasteiger partial charge in [0.05, 0.1) is 0 Å². The van der Waals surface area contributed by atoms with Crippen molar-refractivity contribution in [1.82, 2.24) is 0 Å². The molecule has 92 valence electrons. The minimum atomic E-state index is 0.835. The summed E-state index contributed by atoms with van der Waals surface area (Å²) in [5, 5.41) is 3.51. The zero-order valence-electron chi connectivity index (χ0n) is 10.2. The van der Waals surface area contributed by atoms with Gasteiger partial charge in [0.1, 0.15) is 0 Å². The summed E-state index contributed by atoms with van der Waals surface area (Å²) in [5.74, 6) is 0.835. The average molecular weight is 349 g/mol. The van der Waals surface area contributed by atoms with Crippen LogP contribution in [-0.2, 0) is 6.54 Å². The second-order valence-electron chi connectivity index (χ2n) is 4.85. The number of hydrogen-bond donors (Lipinski definition) is 1. The predicted octanol–water partition coefficient (Wildman–Crippen LogP) is 4.78. The van der Waals surface area contributed by atoms with E-state index in [9.17, 15) is 0 Å². The van der Waals surface area contributed by atoms with E-state index in [1.54, 1.807) is 0 Å². The third-order valence-corrected chi connectivity index (χ3v) is 4.30. The van der Waals surface area contributed by atoms with Gasteiger partial charge in [-0.15, -0.1) is 0 Å². The van der Waals surface area contributed by atoms with Crippen molar-refractivity contribution in [3.63, 3.8) is 0 Å². The summed E-state index contributed by atoms with van der Waals surface area (Å²) >= 11 is 2.37. The van der Waals surface area contributed by atoms with Crippen molar-refractivity contribution < 1.29 is 0 Å². The maximum atomic E-state index is 3.51. The van der Waals surface area contributed by atoms with Crippen LogP contribution in [0.1, 0.15) is 29.9 Å². The van der Waals surface area contributed by atoms with Gasteiger partial charge in [-0.2, -0.15) is 0 Å². The standard InChI is InChI=1S/C16H16IN/c17-15-6-1-2-7-16(15)18-11-12-4-3-5-14(10-12)13-8-9-13/h1-7,10,13,18H,8-9,11H2. The van der Waals surface area contributed by atoms with Crippen molar-refractivity contribution in [3.8, 4) is 0 Å². The van der Waals surface area contributed by atoms with E-state index in [2.05, 4.69) is 76.4 Å². The first-order valence-corrected chi connectivity index (χ1v) is 7.48. The topological polar surface area (TPSA) is 12.0 Å². The van der Waals surface area contributed by atoms with Gasteiger partial charge in [-0.05, 0) is 64.6 Å². The normalized spacial score (nSPS) is 14.5. The SMILES string of the molecule is Ic1ccccc1NCc1cccc(C2CC2)c1. The number of benzene rings is 2. The molecule has 1 fully saturated rings. The number of para-hydroxylation sites is 1. The number of nitrogens with one attached hydrogen (secondary N) is 1. The summed E-state index contributed by atoms with van der Waals surface area (Å²) in [6, 6.07) is 17.4. The molecule has 0 aliphatic heterocycles. The zero-order valence-corrected chi connectivity index (χ0v) is 12.4. The van der Waals surface area contributed by atoms with E-state index in [-0.39, 0.29) is 0 Å². The maximum Gasteiger partial charge on any atom is 0.0478 e. The molecule has 0 amide bonds. The van der Waals surface area contributed by atoms with E-state index < -0.39 is 0 Å². The monoisotopic (exact) mass is 349 g/mol. The summed E-state index contributed by atoms with van der Waals surface area (Å²) in [5.41, 5.74) is 4.10. The van der Waals surface area contributed by atoms with Crippen LogP contribution >= 0.6 is 22.6 Å². The van der Waals surface area contributed by atoms with Crippen LogP contribution in [0.3, 0.4) is 0 Å². The van der Waals surface area contributed by atoms with Gasteiger partial charge >= 0.3 is 0 Å². The Hall–Kier alpha value is -1.03. The molecule has 1 N–H and O–H groups in total. The number of hydrogen-bond acceptors (Lipinski definition) is 1. The van der Waals surface area contributed by atoms with Crippen molar-refractivity contribution in [2.24, 2.45) is 0 Å². The molecule has 0 bridgehead atoms. The summed E-state index contributed by atoms with van der Waals surface area (Å²) in [6.45, 7) is 0.903. The fourth-order valence-electron chi connectivity index (χ4n) is 2.18. The molecule has 0 unspecified atom stereocenters. The lowest BCUT2D eigenvalue weighted by atomic mass is 10.1. The quantitative estimate of drug-likeness (QED) is 0.784. The molecule has 0 saturated heterocycles. The molecule has 0 heterocycles. The molecule has 2 aromatic rings. The second-order valence-corrected chi connectivity index (χ2v) is 6.01. The fourth-order valence-corrected chi connectivity index (χ4v) is 2.75. The minimum absolute atomic E-state index is 0.835. The summed E-state index contributed by atoms with van der Waals surface area (Å²) in [7, 11) is 0. The number of rotatable bonds is 4. The van der Waals surface area contributed by atoms with Crippen molar-refractivity contribution in [2.45, 2.75) is 25.3 Å². The Bertz CT molecular complexity index is 546. The summed E-state index contributed by atoms with van der Waals surface area (Å²) in [6.07, 6.45) is 2.74. The highest BCUT2D eigenvalue weighted by atomic mass is 127. The first kappa shape index (κ1) is 12.0. The lowest BCUT2D eigenvalue weighted by Gasteiger charge is -2.09. The van der Waals surface area contributed by atoms with E-state index in [1.165, 1.54) is 33.2 Å². The van der Waals surface area contributed by atoms with Gasteiger partial charge < -0.3 is 5.32 Å². The Labute approximate surface area is 122 Å². The van der Waals surface area contributed by atoms with Gasteiger partial charge in [-0.1, -0.05) is 36.4 Å². The lowest BCUT2D eigenvalue weighted by Crippen LogP contribution is -2.01. The Balaban J connectivity index is 1.69. The van der Waals surface area contributed by atoms with Crippen molar-refractivity contribution >= 4 is 28.3 Å². The summed E-state index contributed by atoms with van der Waals surface area (Å²) in [4.78, 5) is 0. The molecule has 0 aromatic heterocycles. The zero-order chi connectivity index (χ0) is 12.4. The molecule has 0 atom stereocenters. The molecular weight excluding hydrogens is 333 g/mol. The maximum absolute atomic E-state index is 3.51. The van der Waals surface area contributed by atoms with Crippen molar-refractivity contribution in [2.75, 3.05) is 5.32 Å². The Morgan fingerprint density at radius 3 is 2.67 bits per heavy atom. The smallest absolute Gasteiger partial charge is 0.0478 e. The van der Waals surface area contributed by atoms with Gasteiger partial charge in [-0.25, -0.2) is 0 Å². The highest BCUT2D eigenvalue weighted by molar-refractivity contribution is 14.1. The van der Waals surface area contributed by atoms with Crippen LogP contribution in [-0.4, -0.2) is 0 Å². The van der Waals surface area contributed by atoms with E-state index in [4.69, 9.17) is 0 Å².